The quantitative estimate of drug-likeness (QED) is 0.472. The van der Waals surface area contributed by atoms with Crippen LogP contribution in [0.4, 0.5) is 4.79 Å². The van der Waals surface area contributed by atoms with Gasteiger partial charge in [0.15, 0.2) is 0 Å². The Morgan fingerprint density at radius 2 is 1.72 bits per heavy atom. The van der Waals surface area contributed by atoms with E-state index in [2.05, 4.69) is 15.7 Å². The van der Waals surface area contributed by atoms with E-state index in [0.29, 0.717) is 19.5 Å². The monoisotopic (exact) mass is 386 g/mol. The molecule has 0 aliphatic rings. The summed E-state index contributed by atoms with van der Waals surface area (Å²) < 4.78 is 1.83. The molecule has 0 fully saturated rings. The Morgan fingerprint density at radius 1 is 0.931 bits per heavy atom. The van der Waals surface area contributed by atoms with Gasteiger partial charge in [-0.15, -0.1) is 0 Å². The van der Waals surface area contributed by atoms with E-state index in [-0.39, 0.29) is 11.8 Å². The fourth-order valence-corrected chi connectivity index (χ4v) is 3.17. The zero-order valence-corrected chi connectivity index (χ0v) is 15.9. The summed E-state index contributed by atoms with van der Waals surface area (Å²) in [4.78, 5) is 12.1. The van der Waals surface area contributed by atoms with Crippen molar-refractivity contribution >= 4 is 16.8 Å². The van der Waals surface area contributed by atoms with E-state index in [1.165, 1.54) is 0 Å². The maximum absolute atomic E-state index is 12.1. The van der Waals surface area contributed by atoms with Crippen LogP contribution < -0.4 is 10.6 Å². The van der Waals surface area contributed by atoms with Crippen LogP contribution in [0.25, 0.3) is 16.5 Å². The lowest BCUT2D eigenvalue weighted by molar-refractivity contribution is 0.240. The number of rotatable bonds is 6. The largest absolute Gasteiger partial charge is 0.508 e. The smallest absolute Gasteiger partial charge is 0.315 e. The van der Waals surface area contributed by atoms with Crippen LogP contribution in [0.5, 0.6) is 5.75 Å². The number of urea groups is 1. The third-order valence-electron chi connectivity index (χ3n) is 4.70. The number of nitrogens with one attached hydrogen (secondary N) is 2. The molecule has 4 aromatic rings. The van der Waals surface area contributed by atoms with Gasteiger partial charge in [-0.1, -0.05) is 36.4 Å². The number of nitrogens with zero attached hydrogens (tertiary/aromatic N) is 2. The molecule has 4 rings (SSSR count). The minimum absolute atomic E-state index is 0.203. The molecule has 0 bridgehead atoms. The molecule has 3 aromatic carbocycles. The van der Waals surface area contributed by atoms with Gasteiger partial charge in [-0.3, -0.25) is 0 Å². The van der Waals surface area contributed by atoms with Crippen molar-refractivity contribution in [1.82, 2.24) is 20.4 Å². The van der Waals surface area contributed by atoms with Crippen molar-refractivity contribution in [3.63, 3.8) is 0 Å². The lowest BCUT2D eigenvalue weighted by Crippen LogP contribution is -2.36. The van der Waals surface area contributed by atoms with Crippen LogP contribution in [0.3, 0.4) is 0 Å². The predicted molar refractivity (Wildman–Crippen MR) is 113 cm³/mol. The lowest BCUT2D eigenvalue weighted by atomic mass is 10.1. The highest BCUT2D eigenvalue weighted by Gasteiger charge is 2.04. The summed E-state index contributed by atoms with van der Waals surface area (Å²) in [6, 6.07) is 20.8. The number of fused-ring (bicyclic) bond motifs is 1. The maximum Gasteiger partial charge on any atom is 0.315 e. The van der Waals surface area contributed by atoms with Crippen molar-refractivity contribution in [2.24, 2.45) is 0 Å². The van der Waals surface area contributed by atoms with Gasteiger partial charge < -0.3 is 15.7 Å². The lowest BCUT2D eigenvalue weighted by Gasteiger charge is -2.08. The molecule has 0 unspecified atom stereocenters. The Labute approximate surface area is 168 Å². The summed E-state index contributed by atoms with van der Waals surface area (Å²) in [7, 11) is 0. The number of amides is 2. The molecule has 0 aliphatic heterocycles. The van der Waals surface area contributed by atoms with E-state index in [1.807, 2.05) is 71.7 Å². The van der Waals surface area contributed by atoms with Crippen molar-refractivity contribution in [2.45, 2.75) is 13.0 Å². The number of hydrogen-bond donors (Lipinski definition) is 3. The first-order chi connectivity index (χ1) is 14.2. The Hall–Kier alpha value is -3.80. The Balaban J connectivity index is 1.24. The van der Waals surface area contributed by atoms with Gasteiger partial charge in [0.05, 0.1) is 11.9 Å². The second kappa shape index (κ2) is 8.48. The minimum Gasteiger partial charge on any atom is -0.508 e. The molecule has 3 N–H and O–H groups in total. The Bertz CT molecular complexity index is 1120. The number of aromatic nitrogens is 2. The van der Waals surface area contributed by atoms with Gasteiger partial charge in [0.2, 0.25) is 0 Å². The highest BCUT2D eigenvalue weighted by molar-refractivity contribution is 5.84. The van der Waals surface area contributed by atoms with E-state index in [0.717, 1.165) is 27.6 Å². The van der Waals surface area contributed by atoms with E-state index >= 15 is 0 Å². The molecule has 0 spiro atoms. The van der Waals surface area contributed by atoms with E-state index < -0.39 is 0 Å². The molecule has 0 radical (unpaired) electrons. The molecule has 0 saturated heterocycles. The third-order valence-corrected chi connectivity index (χ3v) is 4.70. The second-order valence-electron chi connectivity index (χ2n) is 6.85. The average molecular weight is 386 g/mol. The third kappa shape index (κ3) is 4.73. The number of phenolic OH excluding ortho intramolecular Hbond substituents is 1. The fraction of sp³-hybridized carbons (Fsp3) is 0.130. The Morgan fingerprint density at radius 3 is 2.59 bits per heavy atom. The standard InChI is InChI=1S/C23H22N4O2/c28-22-9-8-19-12-17(6-7-20(19)13-22)14-25-23(29)24-11-10-18-15-26-27(16-18)21-4-2-1-3-5-21/h1-9,12-13,15-16,28H,10-11,14H2,(H2,24,25,29). The van der Waals surface area contributed by atoms with Crippen LogP contribution in [0.2, 0.25) is 0 Å². The van der Waals surface area contributed by atoms with Crippen molar-refractivity contribution in [2.75, 3.05) is 6.54 Å². The number of carbonyl (C=O) groups is 1. The number of benzene rings is 3. The molecule has 0 saturated carbocycles. The van der Waals surface area contributed by atoms with Crippen LogP contribution in [0.15, 0.2) is 79.1 Å². The summed E-state index contributed by atoms with van der Waals surface area (Å²) in [6.45, 7) is 0.970. The topological polar surface area (TPSA) is 79.2 Å². The van der Waals surface area contributed by atoms with E-state index in [4.69, 9.17) is 0 Å². The van der Waals surface area contributed by atoms with E-state index in [9.17, 15) is 9.90 Å². The van der Waals surface area contributed by atoms with Gasteiger partial charge in [0.25, 0.3) is 0 Å². The van der Waals surface area contributed by atoms with Gasteiger partial charge in [-0.25, -0.2) is 9.48 Å². The zero-order chi connectivity index (χ0) is 20.1. The van der Waals surface area contributed by atoms with Crippen molar-refractivity contribution < 1.29 is 9.90 Å². The first kappa shape index (κ1) is 18.6. The number of hydrogen-bond acceptors (Lipinski definition) is 3. The number of para-hydroxylation sites is 1. The van der Waals surface area contributed by atoms with E-state index in [1.54, 1.807) is 12.1 Å². The average Bonchev–Trinajstić information content (AvgIpc) is 3.22. The van der Waals surface area contributed by atoms with Crippen LogP contribution in [-0.2, 0) is 13.0 Å². The van der Waals surface area contributed by atoms with Crippen molar-refractivity contribution in [1.29, 1.82) is 0 Å². The summed E-state index contributed by atoms with van der Waals surface area (Å²) in [5.74, 6) is 0.247. The molecular weight excluding hydrogens is 364 g/mol. The molecule has 2 amide bonds. The van der Waals surface area contributed by atoms with Gasteiger partial charge in [-0.05, 0) is 58.7 Å². The van der Waals surface area contributed by atoms with Gasteiger partial charge in [0.1, 0.15) is 5.75 Å². The normalized spacial score (nSPS) is 10.8. The molecule has 1 heterocycles. The van der Waals surface area contributed by atoms with Gasteiger partial charge >= 0.3 is 6.03 Å². The van der Waals surface area contributed by atoms with Gasteiger partial charge in [-0.2, -0.15) is 5.10 Å². The SMILES string of the molecule is O=C(NCCc1cnn(-c2ccccc2)c1)NCc1ccc2cc(O)ccc2c1. The zero-order valence-electron chi connectivity index (χ0n) is 15.9. The summed E-state index contributed by atoms with van der Waals surface area (Å²) in [5.41, 5.74) is 3.07. The van der Waals surface area contributed by atoms with Crippen molar-refractivity contribution in [3.05, 3.63) is 90.3 Å². The van der Waals surface area contributed by atoms with Crippen LogP contribution in [0, 0.1) is 0 Å². The molecule has 29 heavy (non-hydrogen) atoms. The molecular formula is C23H22N4O2. The molecule has 0 atom stereocenters. The van der Waals surface area contributed by atoms with Crippen LogP contribution >= 0.6 is 0 Å². The number of aromatic hydroxyl groups is 1. The highest BCUT2D eigenvalue weighted by atomic mass is 16.3. The van der Waals surface area contributed by atoms with Crippen LogP contribution in [0.1, 0.15) is 11.1 Å². The summed E-state index contributed by atoms with van der Waals surface area (Å²) >= 11 is 0. The first-order valence-corrected chi connectivity index (χ1v) is 9.50. The molecule has 1 aromatic heterocycles. The minimum atomic E-state index is -0.203. The number of carbonyl (C=O) groups excluding carboxylic acids is 1. The maximum atomic E-state index is 12.1. The molecule has 0 aliphatic carbocycles. The number of phenols is 1. The second-order valence-corrected chi connectivity index (χ2v) is 6.85. The summed E-state index contributed by atoms with van der Waals surface area (Å²) in [6.07, 6.45) is 4.50. The Kier molecular flexibility index (Phi) is 5.42. The molecule has 6 nitrogen and oxygen atoms in total. The summed E-state index contributed by atoms with van der Waals surface area (Å²) in [5, 5.41) is 21.6. The molecule has 6 heteroatoms. The first-order valence-electron chi connectivity index (χ1n) is 9.50. The predicted octanol–water partition coefficient (Wildman–Crippen LogP) is 3.77. The van der Waals surface area contributed by atoms with Gasteiger partial charge in [0, 0.05) is 19.3 Å². The fourth-order valence-electron chi connectivity index (χ4n) is 3.17. The van der Waals surface area contributed by atoms with Crippen LogP contribution in [-0.4, -0.2) is 27.5 Å². The van der Waals surface area contributed by atoms with Crippen molar-refractivity contribution in [3.8, 4) is 11.4 Å². The molecule has 146 valence electrons. The highest BCUT2D eigenvalue weighted by Crippen LogP contribution is 2.21.